The van der Waals surface area contributed by atoms with Crippen LogP contribution in [-0.4, -0.2) is 59.2 Å². The van der Waals surface area contributed by atoms with Gasteiger partial charge in [0.1, 0.15) is 5.82 Å². The molecule has 8 heteroatoms. The van der Waals surface area contributed by atoms with Crippen LogP contribution in [0.2, 0.25) is 0 Å². The molecule has 3 N–H and O–H groups in total. The Morgan fingerprint density at radius 3 is 2.63 bits per heavy atom. The molecule has 2 aromatic rings. The summed E-state index contributed by atoms with van der Waals surface area (Å²) in [5.74, 6) is -0.467. The number of carbonyl (C=O) groups excluding carboxylic acids is 1. The molecule has 0 spiro atoms. The molecule has 2 amide bonds. The standard InChI is InChI=1S/C22H27FN4O3/c23-18-5-3-4-16(14-18)20-7-6-17(15-25-20)21(28)26-19-8-12-27(13-9-19)11-2-1-10-24-22(29)30/h3-7,14-15,19,24H,1-2,8-13H2,(H,26,28)(H,29,30). The molecule has 0 bridgehead atoms. The molecular formula is C22H27FN4O3. The number of aromatic nitrogens is 1. The van der Waals surface area contributed by atoms with Gasteiger partial charge in [-0.15, -0.1) is 0 Å². The van der Waals surface area contributed by atoms with Gasteiger partial charge < -0.3 is 20.6 Å². The van der Waals surface area contributed by atoms with Crippen LogP contribution in [0.5, 0.6) is 0 Å². The highest BCUT2D eigenvalue weighted by Crippen LogP contribution is 2.18. The van der Waals surface area contributed by atoms with E-state index in [1.54, 1.807) is 24.3 Å². The van der Waals surface area contributed by atoms with E-state index in [4.69, 9.17) is 5.11 Å². The van der Waals surface area contributed by atoms with Gasteiger partial charge in [0.25, 0.3) is 5.91 Å². The number of benzene rings is 1. The van der Waals surface area contributed by atoms with Gasteiger partial charge >= 0.3 is 6.09 Å². The van der Waals surface area contributed by atoms with Gasteiger partial charge in [0.05, 0.1) is 11.3 Å². The van der Waals surface area contributed by atoms with E-state index in [2.05, 4.69) is 20.5 Å². The van der Waals surface area contributed by atoms with E-state index >= 15 is 0 Å². The highest BCUT2D eigenvalue weighted by molar-refractivity contribution is 5.94. The number of piperidine rings is 1. The minimum Gasteiger partial charge on any atom is -0.465 e. The molecule has 30 heavy (non-hydrogen) atoms. The van der Waals surface area contributed by atoms with Crippen LogP contribution in [0, 0.1) is 5.82 Å². The van der Waals surface area contributed by atoms with E-state index in [9.17, 15) is 14.0 Å². The summed E-state index contributed by atoms with van der Waals surface area (Å²) in [6, 6.07) is 9.78. The number of hydrogen-bond acceptors (Lipinski definition) is 4. The summed E-state index contributed by atoms with van der Waals surface area (Å²) in [4.78, 5) is 29.6. The second-order valence-electron chi connectivity index (χ2n) is 7.47. The lowest BCUT2D eigenvalue weighted by Gasteiger charge is -2.32. The van der Waals surface area contributed by atoms with Crippen molar-refractivity contribution in [3.05, 3.63) is 54.0 Å². The number of likely N-dealkylation sites (tertiary alicyclic amines) is 1. The predicted octanol–water partition coefficient (Wildman–Crippen LogP) is 3.13. The number of carbonyl (C=O) groups is 2. The maximum Gasteiger partial charge on any atom is 0.404 e. The van der Waals surface area contributed by atoms with Crippen LogP contribution < -0.4 is 10.6 Å². The molecule has 1 aliphatic heterocycles. The van der Waals surface area contributed by atoms with Crippen molar-refractivity contribution in [3.8, 4) is 11.3 Å². The maximum atomic E-state index is 13.4. The molecule has 1 aromatic carbocycles. The molecule has 0 atom stereocenters. The highest BCUT2D eigenvalue weighted by Gasteiger charge is 2.21. The van der Waals surface area contributed by atoms with Gasteiger partial charge in [-0.3, -0.25) is 9.78 Å². The summed E-state index contributed by atoms with van der Waals surface area (Å²) in [5.41, 5.74) is 1.79. The molecule has 1 fully saturated rings. The van der Waals surface area contributed by atoms with Crippen molar-refractivity contribution in [1.29, 1.82) is 0 Å². The Morgan fingerprint density at radius 2 is 1.97 bits per heavy atom. The first-order valence-corrected chi connectivity index (χ1v) is 10.2. The van der Waals surface area contributed by atoms with Gasteiger partial charge in [-0.2, -0.15) is 0 Å². The van der Waals surface area contributed by atoms with Crippen molar-refractivity contribution in [1.82, 2.24) is 20.5 Å². The van der Waals surface area contributed by atoms with E-state index in [1.807, 2.05) is 0 Å². The number of hydrogen-bond donors (Lipinski definition) is 3. The zero-order valence-corrected chi connectivity index (χ0v) is 16.8. The number of nitrogens with zero attached hydrogens (tertiary/aromatic N) is 2. The van der Waals surface area contributed by atoms with Gasteiger partial charge in [-0.05, 0) is 56.5 Å². The SMILES string of the molecule is O=C(O)NCCCCN1CCC(NC(=O)c2ccc(-c3cccc(F)c3)nc2)CC1. The first-order chi connectivity index (χ1) is 14.5. The molecule has 0 radical (unpaired) electrons. The number of halogens is 1. The Kier molecular flexibility index (Phi) is 7.73. The largest absolute Gasteiger partial charge is 0.465 e. The van der Waals surface area contributed by atoms with E-state index in [-0.39, 0.29) is 17.8 Å². The quantitative estimate of drug-likeness (QED) is 0.577. The minimum atomic E-state index is -0.981. The van der Waals surface area contributed by atoms with E-state index in [1.165, 1.54) is 18.3 Å². The Labute approximate surface area is 175 Å². The van der Waals surface area contributed by atoms with Crippen LogP contribution >= 0.6 is 0 Å². The first-order valence-electron chi connectivity index (χ1n) is 10.2. The Bertz CT molecular complexity index is 852. The van der Waals surface area contributed by atoms with Crippen molar-refractivity contribution in [2.75, 3.05) is 26.2 Å². The van der Waals surface area contributed by atoms with E-state index < -0.39 is 6.09 Å². The van der Waals surface area contributed by atoms with Gasteiger partial charge in [0, 0.05) is 37.4 Å². The van der Waals surface area contributed by atoms with Gasteiger partial charge in [0.2, 0.25) is 0 Å². The molecular weight excluding hydrogens is 387 g/mol. The summed E-state index contributed by atoms with van der Waals surface area (Å²) >= 11 is 0. The van der Waals surface area contributed by atoms with Crippen molar-refractivity contribution in [2.24, 2.45) is 0 Å². The molecule has 1 aromatic heterocycles. The molecule has 0 saturated carbocycles. The number of rotatable bonds is 8. The zero-order valence-electron chi connectivity index (χ0n) is 16.8. The Hall–Kier alpha value is -3.00. The van der Waals surface area contributed by atoms with Crippen LogP contribution in [0.4, 0.5) is 9.18 Å². The normalized spacial score (nSPS) is 15.0. The molecule has 0 unspecified atom stereocenters. The fourth-order valence-electron chi connectivity index (χ4n) is 3.57. The van der Waals surface area contributed by atoms with Crippen LogP contribution in [0.15, 0.2) is 42.6 Å². The molecule has 3 rings (SSSR count). The number of pyridine rings is 1. The average Bonchev–Trinajstić information content (AvgIpc) is 2.74. The van der Waals surface area contributed by atoms with Crippen LogP contribution in [0.3, 0.4) is 0 Å². The van der Waals surface area contributed by atoms with Gasteiger partial charge in [0.15, 0.2) is 0 Å². The smallest absolute Gasteiger partial charge is 0.404 e. The third-order valence-electron chi connectivity index (χ3n) is 5.25. The van der Waals surface area contributed by atoms with Crippen molar-refractivity contribution >= 4 is 12.0 Å². The lowest BCUT2D eigenvalue weighted by Crippen LogP contribution is -2.44. The number of amides is 2. The highest BCUT2D eigenvalue weighted by atomic mass is 19.1. The first kappa shape index (κ1) is 21.7. The summed E-state index contributed by atoms with van der Waals surface area (Å²) in [6.07, 6.45) is 4.07. The summed E-state index contributed by atoms with van der Waals surface area (Å²) < 4.78 is 13.4. The fraction of sp³-hybridized carbons (Fsp3) is 0.409. The summed E-state index contributed by atoms with van der Waals surface area (Å²) in [5, 5.41) is 14.0. The van der Waals surface area contributed by atoms with Crippen molar-refractivity contribution < 1.29 is 19.1 Å². The van der Waals surface area contributed by atoms with Crippen LogP contribution in [-0.2, 0) is 0 Å². The number of unbranched alkanes of at least 4 members (excludes halogenated alkanes) is 1. The van der Waals surface area contributed by atoms with Crippen molar-refractivity contribution in [2.45, 2.75) is 31.7 Å². The minimum absolute atomic E-state index is 0.130. The average molecular weight is 414 g/mol. The van der Waals surface area contributed by atoms with E-state index in [0.717, 1.165) is 45.3 Å². The molecule has 1 aliphatic rings. The molecule has 2 heterocycles. The molecule has 1 saturated heterocycles. The van der Waals surface area contributed by atoms with Crippen LogP contribution in [0.25, 0.3) is 11.3 Å². The van der Waals surface area contributed by atoms with Crippen LogP contribution in [0.1, 0.15) is 36.0 Å². The van der Waals surface area contributed by atoms with E-state index in [0.29, 0.717) is 23.4 Å². The summed E-state index contributed by atoms with van der Waals surface area (Å²) in [7, 11) is 0. The number of nitrogens with one attached hydrogen (secondary N) is 2. The lowest BCUT2D eigenvalue weighted by molar-refractivity contribution is 0.0910. The second-order valence-corrected chi connectivity index (χ2v) is 7.47. The third kappa shape index (κ3) is 6.52. The molecule has 7 nitrogen and oxygen atoms in total. The van der Waals surface area contributed by atoms with Gasteiger partial charge in [-0.1, -0.05) is 12.1 Å². The molecule has 0 aliphatic carbocycles. The fourth-order valence-corrected chi connectivity index (χ4v) is 3.57. The topological polar surface area (TPSA) is 94.6 Å². The number of carboxylic acid groups (broad SMARTS) is 1. The second kappa shape index (κ2) is 10.7. The monoisotopic (exact) mass is 414 g/mol. The summed E-state index contributed by atoms with van der Waals surface area (Å²) in [6.45, 7) is 3.24. The Balaban J connectivity index is 1.41. The predicted molar refractivity (Wildman–Crippen MR) is 112 cm³/mol. The lowest BCUT2D eigenvalue weighted by atomic mass is 10.0. The maximum absolute atomic E-state index is 13.4. The van der Waals surface area contributed by atoms with Crippen molar-refractivity contribution in [3.63, 3.8) is 0 Å². The van der Waals surface area contributed by atoms with Gasteiger partial charge in [-0.25, -0.2) is 9.18 Å². The Morgan fingerprint density at radius 1 is 1.17 bits per heavy atom. The zero-order chi connectivity index (χ0) is 21.3. The third-order valence-corrected chi connectivity index (χ3v) is 5.25. The molecule has 160 valence electrons.